The number of benzene rings is 1. The van der Waals surface area contributed by atoms with Crippen LogP contribution in [0.25, 0.3) is 0 Å². The molecule has 1 aromatic rings. The lowest BCUT2D eigenvalue weighted by atomic mass is 10.2. The van der Waals surface area contributed by atoms with Gasteiger partial charge in [-0.1, -0.05) is 29.5 Å². The maximum absolute atomic E-state index is 5.45. The molecule has 5 nitrogen and oxygen atoms in total. The Kier molecular flexibility index (Phi) is 7.16. The zero-order chi connectivity index (χ0) is 15.4. The molecule has 0 radical (unpaired) electrons. The van der Waals surface area contributed by atoms with Gasteiger partial charge in [0.1, 0.15) is 0 Å². The van der Waals surface area contributed by atoms with Crippen LogP contribution in [0.1, 0.15) is 5.56 Å². The molecule has 0 atom stereocenters. The summed E-state index contributed by atoms with van der Waals surface area (Å²) in [5, 5.41) is 1.05. The molecule has 2 saturated heterocycles. The molecule has 126 valence electrons. The highest BCUT2D eigenvalue weighted by Crippen LogP contribution is 2.19. The average molecular weight is 446 g/mol. The van der Waals surface area contributed by atoms with Crippen molar-refractivity contribution >= 4 is 52.6 Å². The first kappa shape index (κ1) is 18.5. The number of guanidine groups is 1. The topological polar surface area (TPSA) is 40.4 Å². The van der Waals surface area contributed by atoms with Gasteiger partial charge >= 0.3 is 0 Å². The minimum atomic E-state index is 0. The van der Waals surface area contributed by atoms with E-state index in [1.807, 2.05) is 12.1 Å². The molecule has 0 spiro atoms. The van der Waals surface area contributed by atoms with Gasteiger partial charge in [-0.3, -0.25) is 0 Å². The quantitative estimate of drug-likeness (QED) is 0.378. The highest BCUT2D eigenvalue weighted by Gasteiger charge is 2.20. The third-order valence-corrected chi connectivity index (χ3v) is 4.78. The minimum Gasteiger partial charge on any atom is -0.378 e. The zero-order valence-electron chi connectivity index (χ0n) is 13.6. The third-order valence-electron chi connectivity index (χ3n) is 3.74. The lowest BCUT2D eigenvalue weighted by molar-refractivity contribution is 0.0676. The van der Waals surface area contributed by atoms with Gasteiger partial charge in [-0.2, -0.15) is 4.99 Å². The van der Waals surface area contributed by atoms with Crippen molar-refractivity contribution in [3.8, 4) is 0 Å². The highest BCUT2D eigenvalue weighted by molar-refractivity contribution is 14.0. The number of hydrogen-bond donors (Lipinski definition) is 0. The van der Waals surface area contributed by atoms with Crippen LogP contribution < -0.4 is 0 Å². The van der Waals surface area contributed by atoms with E-state index in [2.05, 4.69) is 35.9 Å². The van der Waals surface area contributed by atoms with Gasteiger partial charge in [-0.15, -0.1) is 24.0 Å². The van der Waals surface area contributed by atoms with Crippen molar-refractivity contribution in [3.05, 3.63) is 29.8 Å². The third kappa shape index (κ3) is 5.09. The smallest absolute Gasteiger partial charge is 0.228 e. The lowest BCUT2D eigenvalue weighted by Crippen LogP contribution is -2.40. The monoisotopic (exact) mass is 446 g/mol. The molecule has 0 saturated carbocycles. The number of thioether (sulfide) groups is 1. The fraction of sp³-hybridized carbons (Fsp3) is 0.500. The van der Waals surface area contributed by atoms with Crippen molar-refractivity contribution in [1.29, 1.82) is 0 Å². The number of aryl methyl sites for hydroxylation is 1. The van der Waals surface area contributed by atoms with E-state index in [1.54, 1.807) is 11.8 Å². The Morgan fingerprint density at radius 2 is 1.83 bits per heavy atom. The van der Waals surface area contributed by atoms with Crippen LogP contribution in [0.3, 0.4) is 0 Å². The van der Waals surface area contributed by atoms with E-state index >= 15 is 0 Å². The second kappa shape index (κ2) is 8.89. The number of aliphatic imine (C=N–C) groups is 2. The second-order valence-corrected chi connectivity index (χ2v) is 6.57. The molecule has 0 N–H and O–H groups in total. The van der Waals surface area contributed by atoms with Crippen molar-refractivity contribution in [2.45, 2.75) is 6.92 Å². The summed E-state index contributed by atoms with van der Waals surface area (Å²) in [5.41, 5.74) is 2.19. The minimum absolute atomic E-state index is 0. The summed E-state index contributed by atoms with van der Waals surface area (Å²) >= 11 is 1.79. The molecule has 2 aliphatic rings. The number of halogens is 1. The summed E-state index contributed by atoms with van der Waals surface area (Å²) in [4.78, 5) is 14.0. The number of hydrogen-bond acceptors (Lipinski definition) is 3. The molecule has 2 heterocycles. The first-order chi connectivity index (χ1) is 10.7. The first-order valence-electron chi connectivity index (χ1n) is 7.63. The van der Waals surface area contributed by atoms with Gasteiger partial charge in [-0.25, -0.2) is 4.99 Å². The van der Waals surface area contributed by atoms with Crippen molar-refractivity contribution < 1.29 is 4.74 Å². The van der Waals surface area contributed by atoms with Crippen LogP contribution in [0.15, 0.2) is 34.3 Å². The Morgan fingerprint density at radius 1 is 1.13 bits per heavy atom. The van der Waals surface area contributed by atoms with Gasteiger partial charge in [-0.05, 0) is 19.1 Å². The molecule has 0 unspecified atom stereocenters. The van der Waals surface area contributed by atoms with E-state index in [9.17, 15) is 0 Å². The number of ether oxygens (including phenoxy) is 1. The maximum Gasteiger partial charge on any atom is 0.228 e. The summed E-state index contributed by atoms with van der Waals surface area (Å²) in [6, 6.07) is 8.25. The molecule has 0 aromatic heterocycles. The zero-order valence-corrected chi connectivity index (χ0v) is 16.7. The van der Waals surface area contributed by atoms with Crippen LogP contribution in [-0.4, -0.2) is 66.6 Å². The maximum atomic E-state index is 5.45. The molecule has 0 aliphatic carbocycles. The van der Waals surface area contributed by atoms with Gasteiger partial charge in [0.15, 0.2) is 5.17 Å². The summed E-state index contributed by atoms with van der Waals surface area (Å²) in [6.07, 6.45) is 0. The summed E-state index contributed by atoms with van der Waals surface area (Å²) in [6.45, 7) is 6.29. The van der Waals surface area contributed by atoms with Crippen LogP contribution in [0, 0.1) is 6.92 Å². The molecule has 7 heteroatoms. The van der Waals surface area contributed by atoms with Gasteiger partial charge in [0.05, 0.1) is 18.9 Å². The van der Waals surface area contributed by atoms with E-state index in [0.29, 0.717) is 0 Å². The molecular weight excluding hydrogens is 423 g/mol. The van der Waals surface area contributed by atoms with Crippen molar-refractivity contribution in [1.82, 2.24) is 9.80 Å². The largest absolute Gasteiger partial charge is 0.378 e. The van der Waals surface area contributed by atoms with Gasteiger partial charge < -0.3 is 14.5 Å². The molecule has 0 amide bonds. The summed E-state index contributed by atoms with van der Waals surface area (Å²) in [5.74, 6) is 1.89. The molecule has 2 aliphatic heterocycles. The predicted octanol–water partition coefficient (Wildman–Crippen LogP) is 2.97. The van der Waals surface area contributed by atoms with E-state index in [4.69, 9.17) is 14.7 Å². The first-order valence-corrected chi connectivity index (χ1v) is 8.61. The Balaban J connectivity index is 0.00000192. The van der Waals surface area contributed by atoms with Gasteiger partial charge in [0, 0.05) is 32.4 Å². The average Bonchev–Trinajstić information content (AvgIpc) is 2.95. The van der Waals surface area contributed by atoms with E-state index in [0.717, 1.165) is 55.4 Å². The van der Waals surface area contributed by atoms with Crippen LogP contribution in [0.2, 0.25) is 0 Å². The number of rotatable bonds is 1. The Morgan fingerprint density at radius 3 is 2.43 bits per heavy atom. The number of nitrogens with zero attached hydrogens (tertiary/aromatic N) is 4. The molecular formula is C16H23IN4OS. The van der Waals surface area contributed by atoms with Crippen LogP contribution in [0.5, 0.6) is 0 Å². The molecule has 0 bridgehead atoms. The van der Waals surface area contributed by atoms with E-state index < -0.39 is 0 Å². The van der Waals surface area contributed by atoms with Crippen molar-refractivity contribution in [3.63, 3.8) is 0 Å². The SMILES string of the molecule is Cc1ccc(/N=C(\N=C2/SCCN2C)N2CCOCC2)cc1.I. The number of amidine groups is 1. The Labute approximate surface area is 159 Å². The van der Waals surface area contributed by atoms with Crippen molar-refractivity contribution in [2.75, 3.05) is 45.6 Å². The Hall–Kier alpha value is -0.800. The van der Waals surface area contributed by atoms with Crippen LogP contribution in [-0.2, 0) is 4.74 Å². The summed E-state index contributed by atoms with van der Waals surface area (Å²) in [7, 11) is 2.08. The Bertz CT molecular complexity index is 570. The molecule has 3 rings (SSSR count). The fourth-order valence-electron chi connectivity index (χ4n) is 2.35. The van der Waals surface area contributed by atoms with Gasteiger partial charge in [0.2, 0.25) is 5.96 Å². The van der Waals surface area contributed by atoms with Gasteiger partial charge in [0.25, 0.3) is 0 Å². The van der Waals surface area contributed by atoms with Crippen molar-refractivity contribution in [2.24, 2.45) is 9.98 Å². The van der Waals surface area contributed by atoms with Crippen LogP contribution in [0.4, 0.5) is 5.69 Å². The molecule has 2 fully saturated rings. The summed E-state index contributed by atoms with van der Waals surface area (Å²) < 4.78 is 5.45. The van der Waals surface area contributed by atoms with E-state index in [-0.39, 0.29) is 24.0 Å². The number of morpholine rings is 1. The van der Waals surface area contributed by atoms with E-state index in [1.165, 1.54) is 5.56 Å². The normalized spacial score (nSPS) is 20.8. The fourth-order valence-corrected chi connectivity index (χ4v) is 3.35. The molecule has 23 heavy (non-hydrogen) atoms. The molecule has 1 aromatic carbocycles. The van der Waals surface area contributed by atoms with Crippen LogP contribution >= 0.6 is 35.7 Å². The lowest BCUT2D eigenvalue weighted by Gasteiger charge is -2.28. The highest BCUT2D eigenvalue weighted by atomic mass is 127. The standard InChI is InChI=1S/C16H22N4OS.HI/c1-13-3-5-14(6-4-13)17-15(20-7-10-21-11-8-20)18-16-19(2)9-12-22-16;/h3-6H,7-12H2,1-2H3;1H/b17-15+,18-16-;. The predicted molar refractivity (Wildman–Crippen MR) is 109 cm³/mol. The second-order valence-electron chi connectivity index (χ2n) is 5.51.